The third-order valence-electron chi connectivity index (χ3n) is 3.76. The molecule has 1 saturated carbocycles. The SMILES string of the molecule is COC1CCCC1Nc1snc(N)c1-c1ccncc1. The van der Waals surface area contributed by atoms with Gasteiger partial charge in [-0.25, -0.2) is 0 Å². The first-order valence-electron chi connectivity index (χ1n) is 6.74. The number of rotatable bonds is 4. The highest BCUT2D eigenvalue weighted by atomic mass is 32.1. The van der Waals surface area contributed by atoms with Crippen LogP contribution in [0.5, 0.6) is 0 Å². The molecule has 2 aromatic heterocycles. The van der Waals surface area contributed by atoms with Crippen LogP contribution in [-0.4, -0.2) is 28.6 Å². The number of nitrogens with zero attached hydrogens (tertiary/aromatic N) is 2. The monoisotopic (exact) mass is 290 g/mol. The van der Waals surface area contributed by atoms with E-state index in [2.05, 4.69) is 14.7 Å². The molecule has 2 atom stereocenters. The average molecular weight is 290 g/mol. The normalized spacial score (nSPS) is 22.1. The van der Waals surface area contributed by atoms with Crippen LogP contribution in [0.1, 0.15) is 19.3 Å². The lowest BCUT2D eigenvalue weighted by Crippen LogP contribution is -2.29. The molecule has 0 radical (unpaired) electrons. The first kappa shape index (κ1) is 13.3. The molecule has 0 amide bonds. The van der Waals surface area contributed by atoms with E-state index in [1.54, 1.807) is 19.5 Å². The second-order valence-electron chi connectivity index (χ2n) is 4.96. The smallest absolute Gasteiger partial charge is 0.147 e. The molecule has 0 aromatic carbocycles. The molecule has 1 fully saturated rings. The van der Waals surface area contributed by atoms with Gasteiger partial charge in [0.15, 0.2) is 0 Å². The fourth-order valence-electron chi connectivity index (χ4n) is 2.74. The van der Waals surface area contributed by atoms with Crippen LogP contribution in [0.2, 0.25) is 0 Å². The van der Waals surface area contributed by atoms with Gasteiger partial charge >= 0.3 is 0 Å². The maximum absolute atomic E-state index is 6.02. The molecule has 2 heterocycles. The molecule has 5 nitrogen and oxygen atoms in total. The molecule has 106 valence electrons. The molecule has 3 N–H and O–H groups in total. The van der Waals surface area contributed by atoms with Crippen molar-refractivity contribution in [2.75, 3.05) is 18.2 Å². The van der Waals surface area contributed by atoms with Gasteiger partial charge in [-0.3, -0.25) is 4.98 Å². The van der Waals surface area contributed by atoms with E-state index in [9.17, 15) is 0 Å². The van der Waals surface area contributed by atoms with E-state index in [-0.39, 0.29) is 6.10 Å². The second kappa shape index (κ2) is 5.76. The largest absolute Gasteiger partial charge is 0.382 e. The van der Waals surface area contributed by atoms with E-state index in [4.69, 9.17) is 10.5 Å². The van der Waals surface area contributed by atoms with Crippen LogP contribution in [0, 0.1) is 0 Å². The number of methoxy groups -OCH3 is 1. The van der Waals surface area contributed by atoms with Crippen molar-refractivity contribution in [3.05, 3.63) is 24.5 Å². The lowest BCUT2D eigenvalue weighted by Gasteiger charge is -2.20. The molecular formula is C14H18N4OS. The van der Waals surface area contributed by atoms with Crippen molar-refractivity contribution in [3.8, 4) is 11.1 Å². The highest BCUT2D eigenvalue weighted by molar-refractivity contribution is 7.11. The molecule has 20 heavy (non-hydrogen) atoms. The molecule has 0 saturated heterocycles. The maximum Gasteiger partial charge on any atom is 0.147 e. The number of nitrogens with one attached hydrogen (secondary N) is 1. The summed E-state index contributed by atoms with van der Waals surface area (Å²) in [5.74, 6) is 0.565. The molecule has 0 bridgehead atoms. The van der Waals surface area contributed by atoms with Crippen LogP contribution < -0.4 is 11.1 Å². The summed E-state index contributed by atoms with van der Waals surface area (Å²) in [6.07, 6.45) is 7.21. The summed E-state index contributed by atoms with van der Waals surface area (Å²) in [6, 6.07) is 4.24. The summed E-state index contributed by atoms with van der Waals surface area (Å²) < 4.78 is 9.81. The third-order valence-corrected chi connectivity index (χ3v) is 4.55. The summed E-state index contributed by atoms with van der Waals surface area (Å²) in [4.78, 5) is 4.04. The highest BCUT2D eigenvalue weighted by Gasteiger charge is 2.28. The Bertz CT molecular complexity index is 572. The van der Waals surface area contributed by atoms with Crippen molar-refractivity contribution in [2.24, 2.45) is 0 Å². The number of hydrogen-bond donors (Lipinski definition) is 2. The Kier molecular flexibility index (Phi) is 3.84. The molecule has 2 unspecified atom stereocenters. The number of hydrogen-bond acceptors (Lipinski definition) is 6. The minimum atomic E-state index is 0.267. The summed E-state index contributed by atoms with van der Waals surface area (Å²) in [5, 5.41) is 4.58. The van der Waals surface area contributed by atoms with Crippen molar-refractivity contribution < 1.29 is 4.74 Å². The van der Waals surface area contributed by atoms with Gasteiger partial charge in [-0.1, -0.05) is 0 Å². The Morgan fingerprint density at radius 3 is 2.90 bits per heavy atom. The Morgan fingerprint density at radius 1 is 1.35 bits per heavy atom. The zero-order valence-electron chi connectivity index (χ0n) is 11.4. The van der Waals surface area contributed by atoms with E-state index in [0.717, 1.165) is 29.0 Å². The first-order valence-corrected chi connectivity index (χ1v) is 7.52. The second-order valence-corrected chi connectivity index (χ2v) is 5.74. The summed E-state index contributed by atoms with van der Waals surface area (Å²) in [7, 11) is 1.77. The molecule has 1 aliphatic carbocycles. The number of aromatic nitrogens is 2. The third kappa shape index (κ3) is 2.48. The van der Waals surface area contributed by atoms with E-state index in [0.29, 0.717) is 11.9 Å². The predicted octanol–water partition coefficient (Wildman–Crippen LogP) is 2.77. The Morgan fingerprint density at radius 2 is 2.15 bits per heavy atom. The fourth-order valence-corrected chi connectivity index (χ4v) is 3.54. The number of anilines is 2. The first-order chi connectivity index (χ1) is 9.79. The van der Waals surface area contributed by atoms with Crippen molar-refractivity contribution >= 4 is 22.4 Å². The minimum absolute atomic E-state index is 0.267. The quantitative estimate of drug-likeness (QED) is 0.905. The van der Waals surface area contributed by atoms with Gasteiger partial charge in [0.2, 0.25) is 0 Å². The average Bonchev–Trinajstić information content (AvgIpc) is 3.07. The standard InChI is InChI=1S/C14H18N4OS/c1-19-11-4-2-3-10(11)17-14-12(13(15)18-20-14)9-5-7-16-8-6-9/h5-8,10-11,17H,2-4H2,1H3,(H2,15,18). The van der Waals surface area contributed by atoms with Crippen LogP contribution >= 0.6 is 11.5 Å². The van der Waals surface area contributed by atoms with Gasteiger partial charge < -0.3 is 15.8 Å². The lowest BCUT2D eigenvalue weighted by atomic mass is 10.1. The zero-order chi connectivity index (χ0) is 13.9. The van der Waals surface area contributed by atoms with Gasteiger partial charge in [-0.05, 0) is 48.5 Å². The van der Waals surface area contributed by atoms with E-state index in [1.807, 2.05) is 12.1 Å². The zero-order valence-corrected chi connectivity index (χ0v) is 12.2. The summed E-state index contributed by atoms with van der Waals surface area (Å²) >= 11 is 1.41. The number of nitrogens with two attached hydrogens (primary N) is 1. The molecule has 6 heteroatoms. The molecule has 3 rings (SSSR count). The molecule has 0 spiro atoms. The number of ether oxygens (including phenoxy) is 1. The highest BCUT2D eigenvalue weighted by Crippen LogP contribution is 2.38. The Labute approximate surface area is 122 Å². The van der Waals surface area contributed by atoms with Gasteiger partial charge in [-0.2, -0.15) is 4.37 Å². The van der Waals surface area contributed by atoms with E-state index >= 15 is 0 Å². The van der Waals surface area contributed by atoms with Crippen LogP contribution in [0.25, 0.3) is 11.1 Å². The van der Waals surface area contributed by atoms with Crippen LogP contribution in [0.15, 0.2) is 24.5 Å². The molecule has 0 aliphatic heterocycles. The Balaban J connectivity index is 1.88. The van der Waals surface area contributed by atoms with Gasteiger partial charge in [0, 0.05) is 19.5 Å². The van der Waals surface area contributed by atoms with Crippen molar-refractivity contribution in [3.63, 3.8) is 0 Å². The number of pyridine rings is 1. The maximum atomic E-state index is 6.02. The van der Waals surface area contributed by atoms with Gasteiger partial charge in [0.25, 0.3) is 0 Å². The Hall–Kier alpha value is -1.66. The van der Waals surface area contributed by atoms with Gasteiger partial charge in [0.05, 0.1) is 17.7 Å². The van der Waals surface area contributed by atoms with E-state index < -0.39 is 0 Å². The van der Waals surface area contributed by atoms with Gasteiger partial charge in [0.1, 0.15) is 10.8 Å². The molecule has 2 aromatic rings. The van der Waals surface area contributed by atoms with Crippen molar-refractivity contribution in [2.45, 2.75) is 31.4 Å². The fraction of sp³-hybridized carbons (Fsp3) is 0.429. The summed E-state index contributed by atoms with van der Waals surface area (Å²) in [5.41, 5.74) is 8.04. The lowest BCUT2D eigenvalue weighted by molar-refractivity contribution is 0.101. The predicted molar refractivity (Wildman–Crippen MR) is 81.8 cm³/mol. The van der Waals surface area contributed by atoms with E-state index in [1.165, 1.54) is 18.0 Å². The van der Waals surface area contributed by atoms with Crippen LogP contribution in [0.4, 0.5) is 10.8 Å². The minimum Gasteiger partial charge on any atom is -0.382 e. The topological polar surface area (TPSA) is 73.1 Å². The molecular weight excluding hydrogens is 272 g/mol. The summed E-state index contributed by atoms with van der Waals surface area (Å²) in [6.45, 7) is 0. The van der Waals surface area contributed by atoms with Crippen LogP contribution in [-0.2, 0) is 4.74 Å². The van der Waals surface area contributed by atoms with Crippen molar-refractivity contribution in [1.82, 2.24) is 9.36 Å². The van der Waals surface area contributed by atoms with Crippen LogP contribution in [0.3, 0.4) is 0 Å². The van der Waals surface area contributed by atoms with Gasteiger partial charge in [-0.15, -0.1) is 0 Å². The van der Waals surface area contributed by atoms with Crippen molar-refractivity contribution in [1.29, 1.82) is 0 Å². The number of nitrogen functional groups attached to an aromatic ring is 1. The molecule has 1 aliphatic rings.